The van der Waals surface area contributed by atoms with Gasteiger partial charge in [0.05, 0.1) is 18.1 Å². The van der Waals surface area contributed by atoms with Gasteiger partial charge < -0.3 is 31.4 Å². The van der Waals surface area contributed by atoms with E-state index in [-0.39, 0.29) is 35.8 Å². The van der Waals surface area contributed by atoms with Gasteiger partial charge in [0.2, 0.25) is 11.8 Å². The van der Waals surface area contributed by atoms with Gasteiger partial charge in [-0.15, -0.1) is 0 Å². The molecule has 0 aliphatic carbocycles. The second kappa shape index (κ2) is 16.2. The summed E-state index contributed by atoms with van der Waals surface area (Å²) >= 11 is 1.88. The molecule has 224 valence electrons. The molecule has 2 aliphatic rings. The van der Waals surface area contributed by atoms with E-state index in [0.29, 0.717) is 49.3 Å². The lowest BCUT2D eigenvalue weighted by Crippen LogP contribution is -2.52. The molecule has 0 aromatic heterocycles. The highest BCUT2D eigenvalue weighted by atomic mass is 32.2. The van der Waals surface area contributed by atoms with Gasteiger partial charge in [-0.2, -0.15) is 11.8 Å². The molecular weight excluding hydrogens is 542 g/mol. The van der Waals surface area contributed by atoms with Crippen LogP contribution in [0, 0.1) is 5.92 Å². The lowest BCUT2D eigenvalue weighted by molar-refractivity contribution is -0.126. The fourth-order valence-corrected chi connectivity index (χ4v) is 6.60. The monoisotopic (exact) mass is 585 g/mol. The van der Waals surface area contributed by atoms with E-state index in [4.69, 9.17) is 0 Å². The van der Waals surface area contributed by atoms with Crippen molar-refractivity contribution in [2.45, 2.75) is 88.2 Å². The minimum absolute atomic E-state index is 0.00711. The number of hydrogen-bond acceptors (Lipinski definition) is 6. The molecule has 2 saturated heterocycles. The van der Waals surface area contributed by atoms with Crippen LogP contribution in [-0.4, -0.2) is 71.8 Å². The number of rotatable bonds is 17. The molecule has 2 fully saturated rings. The van der Waals surface area contributed by atoms with Crippen LogP contribution in [0.1, 0.15) is 74.7 Å². The molecule has 0 saturated carbocycles. The molecule has 10 nitrogen and oxygen atoms in total. The van der Waals surface area contributed by atoms with Crippen molar-refractivity contribution < 1.29 is 24.0 Å². The normalized spacial score (nSPS) is 20.8. The maximum atomic E-state index is 12.9. The molecule has 5 atom stereocenters. The van der Waals surface area contributed by atoms with E-state index in [2.05, 4.69) is 33.2 Å². The van der Waals surface area contributed by atoms with Crippen molar-refractivity contribution in [3.63, 3.8) is 0 Å². The molecular formula is C30H43N5O5S. The number of fused-ring (bicyclic) bond motifs is 1. The first-order chi connectivity index (χ1) is 19.7. The summed E-state index contributed by atoms with van der Waals surface area (Å²) in [4.78, 5) is 60.9. The quantitative estimate of drug-likeness (QED) is 0.108. The molecule has 1 aromatic rings. The molecule has 5 N–H and O–H groups in total. The maximum absolute atomic E-state index is 12.9. The van der Waals surface area contributed by atoms with Crippen molar-refractivity contribution in [1.29, 1.82) is 0 Å². The number of carbonyl (C=O) groups is 5. The highest BCUT2D eigenvalue weighted by molar-refractivity contribution is 8.00. The van der Waals surface area contributed by atoms with Crippen LogP contribution >= 0.6 is 11.8 Å². The first-order valence-corrected chi connectivity index (χ1v) is 15.5. The number of thioether (sulfide) groups is 1. The van der Waals surface area contributed by atoms with Crippen LogP contribution < -0.4 is 26.6 Å². The van der Waals surface area contributed by atoms with Crippen molar-refractivity contribution in [2.75, 3.05) is 12.3 Å². The Morgan fingerprint density at radius 3 is 2.51 bits per heavy atom. The van der Waals surface area contributed by atoms with E-state index in [1.807, 2.05) is 25.6 Å². The summed E-state index contributed by atoms with van der Waals surface area (Å²) in [6.07, 6.45) is 7.35. The molecule has 1 aromatic carbocycles. The average Bonchev–Trinajstić information content (AvgIpc) is 3.51. The van der Waals surface area contributed by atoms with Crippen molar-refractivity contribution in [3.05, 3.63) is 42.0 Å². The van der Waals surface area contributed by atoms with Crippen LogP contribution in [0.2, 0.25) is 0 Å². The third kappa shape index (κ3) is 9.91. The van der Waals surface area contributed by atoms with E-state index >= 15 is 0 Å². The third-order valence-electron chi connectivity index (χ3n) is 7.48. The van der Waals surface area contributed by atoms with Gasteiger partial charge in [0.15, 0.2) is 0 Å². The van der Waals surface area contributed by atoms with Gasteiger partial charge >= 0.3 is 6.03 Å². The summed E-state index contributed by atoms with van der Waals surface area (Å²) in [6.45, 7) is 7.87. The Labute approximate surface area is 246 Å². The van der Waals surface area contributed by atoms with E-state index in [1.165, 1.54) is 0 Å². The van der Waals surface area contributed by atoms with Crippen molar-refractivity contribution in [2.24, 2.45) is 5.92 Å². The largest absolute Gasteiger partial charge is 0.356 e. The molecule has 5 amide bonds. The van der Waals surface area contributed by atoms with E-state index in [1.54, 1.807) is 30.3 Å². The molecule has 0 radical (unpaired) electrons. The van der Waals surface area contributed by atoms with Crippen LogP contribution in [-0.2, 0) is 14.4 Å². The van der Waals surface area contributed by atoms with Gasteiger partial charge in [0.25, 0.3) is 5.91 Å². The van der Waals surface area contributed by atoms with Gasteiger partial charge in [0, 0.05) is 29.5 Å². The zero-order valence-corrected chi connectivity index (χ0v) is 24.8. The topological polar surface area (TPSA) is 146 Å². The minimum Gasteiger partial charge on any atom is -0.356 e. The van der Waals surface area contributed by atoms with Crippen molar-refractivity contribution in [1.82, 2.24) is 26.6 Å². The zero-order valence-electron chi connectivity index (χ0n) is 23.9. The molecule has 0 bridgehead atoms. The van der Waals surface area contributed by atoms with Crippen LogP contribution in [0.5, 0.6) is 0 Å². The molecule has 41 heavy (non-hydrogen) atoms. The summed E-state index contributed by atoms with van der Waals surface area (Å²) in [5, 5.41) is 14.8. The first-order valence-electron chi connectivity index (χ1n) is 14.5. The minimum atomic E-state index is -0.786. The molecule has 0 unspecified atom stereocenters. The van der Waals surface area contributed by atoms with E-state index in [0.717, 1.165) is 30.6 Å². The van der Waals surface area contributed by atoms with Gasteiger partial charge in [-0.1, -0.05) is 45.1 Å². The summed E-state index contributed by atoms with van der Waals surface area (Å²) < 4.78 is 0. The molecule has 11 heteroatoms. The number of amides is 5. The van der Waals surface area contributed by atoms with Crippen LogP contribution in [0.3, 0.4) is 0 Å². The van der Waals surface area contributed by atoms with Gasteiger partial charge in [0.1, 0.15) is 12.3 Å². The first kappa shape index (κ1) is 32.2. The molecule has 2 aliphatic heterocycles. The molecule has 0 spiro atoms. The zero-order chi connectivity index (χ0) is 29.8. The predicted octanol–water partition coefficient (Wildman–Crippen LogP) is 2.78. The number of urea groups is 1. The SMILES string of the molecule is C=Cc1ccc(C(=O)N[C@H](C(=O)N[C@H](C=O)CCCCNC(=O)CCCC[C@@H]2SC[C@@H]3NC(=O)N[C@@H]32)C(C)C)cc1. The Hall–Kier alpha value is -3.34. The number of aldehydes is 1. The Morgan fingerprint density at radius 1 is 1.07 bits per heavy atom. The lowest BCUT2D eigenvalue weighted by Gasteiger charge is -2.23. The van der Waals surface area contributed by atoms with Crippen LogP contribution in [0.4, 0.5) is 4.79 Å². The average molecular weight is 586 g/mol. The van der Waals surface area contributed by atoms with Crippen molar-refractivity contribution in [3.8, 4) is 0 Å². The Bertz CT molecular complexity index is 1080. The number of hydrogen-bond donors (Lipinski definition) is 5. The number of benzene rings is 1. The maximum Gasteiger partial charge on any atom is 0.315 e. The second-order valence-corrected chi connectivity index (χ2v) is 12.3. The molecule has 3 rings (SSSR count). The van der Waals surface area contributed by atoms with Gasteiger partial charge in [-0.3, -0.25) is 14.4 Å². The third-order valence-corrected chi connectivity index (χ3v) is 8.99. The van der Waals surface area contributed by atoms with Crippen molar-refractivity contribution >= 4 is 47.9 Å². The van der Waals surface area contributed by atoms with Crippen LogP contribution in [0.15, 0.2) is 30.8 Å². The smallest absolute Gasteiger partial charge is 0.315 e. The highest BCUT2D eigenvalue weighted by Gasteiger charge is 2.42. The number of carbonyl (C=O) groups excluding carboxylic acids is 5. The standard InChI is InChI=1S/C30H43N5O5S/c1-4-20-12-14-21(15-13-20)28(38)34-26(19(2)3)29(39)32-22(17-36)9-7-8-16-31-25(37)11-6-5-10-24-27-23(18-41-24)33-30(40)35-27/h4,12-15,17,19,22-24,26-27H,1,5-11,16,18H2,2-3H3,(H,31,37)(H,32,39)(H,34,38)(H2,33,35,40)/t22-,23-,24-,26-,27-/m0/s1. The Morgan fingerprint density at radius 2 is 1.83 bits per heavy atom. The summed E-state index contributed by atoms with van der Waals surface area (Å²) in [7, 11) is 0. The Kier molecular flexibility index (Phi) is 12.7. The number of nitrogens with one attached hydrogen (secondary N) is 5. The van der Waals surface area contributed by atoms with E-state index < -0.39 is 18.0 Å². The summed E-state index contributed by atoms with van der Waals surface area (Å²) in [5.41, 5.74) is 1.32. The molecule has 2 heterocycles. The highest BCUT2D eigenvalue weighted by Crippen LogP contribution is 2.33. The Balaban J connectivity index is 1.29. The van der Waals surface area contributed by atoms with Crippen LogP contribution in [0.25, 0.3) is 6.08 Å². The predicted molar refractivity (Wildman–Crippen MR) is 161 cm³/mol. The number of unbranched alkanes of at least 4 members (excludes halogenated alkanes) is 2. The fourth-order valence-electron chi connectivity index (χ4n) is 5.06. The summed E-state index contributed by atoms with van der Waals surface area (Å²) in [5.74, 6) is -0.00182. The van der Waals surface area contributed by atoms with Gasteiger partial charge in [-0.25, -0.2) is 4.79 Å². The fraction of sp³-hybridized carbons (Fsp3) is 0.567. The van der Waals surface area contributed by atoms with E-state index in [9.17, 15) is 24.0 Å². The lowest BCUT2D eigenvalue weighted by atomic mass is 10.0. The second-order valence-electron chi connectivity index (χ2n) is 11.0. The summed E-state index contributed by atoms with van der Waals surface area (Å²) in [6, 6.07) is 5.77. The van der Waals surface area contributed by atoms with Gasteiger partial charge in [-0.05, 0) is 55.7 Å².